The van der Waals surface area contributed by atoms with Crippen molar-refractivity contribution in [1.82, 2.24) is 5.32 Å². The molecule has 0 aliphatic heterocycles. The number of sulfonamides is 1. The standard InChI is InChI=1S/C13H18BrClN2O3S/c1-3-8(4-2)7-17-13(18)10-5-9(21(16,19)20)6-11(14)12(10)15/h5-6,8H,3-4,7H2,1-2H3,(H,17,18)(H2,16,19,20). The number of nitrogens with one attached hydrogen (secondary N) is 1. The van der Waals surface area contributed by atoms with Crippen molar-refractivity contribution in [2.24, 2.45) is 11.1 Å². The Labute approximate surface area is 138 Å². The summed E-state index contributed by atoms with van der Waals surface area (Å²) in [4.78, 5) is 12.0. The van der Waals surface area contributed by atoms with Gasteiger partial charge >= 0.3 is 0 Å². The molecule has 1 amide bonds. The van der Waals surface area contributed by atoms with Gasteiger partial charge in [0.2, 0.25) is 10.0 Å². The molecule has 21 heavy (non-hydrogen) atoms. The van der Waals surface area contributed by atoms with E-state index in [1.165, 1.54) is 12.1 Å². The van der Waals surface area contributed by atoms with Crippen molar-refractivity contribution < 1.29 is 13.2 Å². The highest BCUT2D eigenvalue weighted by Gasteiger charge is 2.19. The van der Waals surface area contributed by atoms with Gasteiger partial charge in [-0.3, -0.25) is 4.79 Å². The monoisotopic (exact) mass is 396 g/mol. The van der Waals surface area contributed by atoms with Crippen molar-refractivity contribution in [1.29, 1.82) is 0 Å². The quantitative estimate of drug-likeness (QED) is 0.773. The van der Waals surface area contributed by atoms with Crippen LogP contribution in [0.4, 0.5) is 0 Å². The summed E-state index contributed by atoms with van der Waals surface area (Å²) in [5.74, 6) is -0.0457. The molecule has 118 valence electrons. The lowest BCUT2D eigenvalue weighted by atomic mass is 10.0. The van der Waals surface area contributed by atoms with Crippen LogP contribution in [0.25, 0.3) is 0 Å². The van der Waals surface area contributed by atoms with Crippen LogP contribution < -0.4 is 10.5 Å². The zero-order chi connectivity index (χ0) is 16.2. The molecule has 0 heterocycles. The normalized spacial score (nSPS) is 11.7. The van der Waals surface area contributed by atoms with E-state index < -0.39 is 15.9 Å². The molecule has 0 saturated carbocycles. The van der Waals surface area contributed by atoms with Crippen LogP contribution in [-0.2, 0) is 10.0 Å². The van der Waals surface area contributed by atoms with Crippen molar-refractivity contribution >= 4 is 43.5 Å². The van der Waals surface area contributed by atoms with Gasteiger partial charge in [-0.15, -0.1) is 0 Å². The minimum atomic E-state index is -3.91. The smallest absolute Gasteiger partial charge is 0.252 e. The summed E-state index contributed by atoms with van der Waals surface area (Å²) in [5, 5.41) is 8.01. The van der Waals surface area contributed by atoms with E-state index in [0.29, 0.717) is 16.9 Å². The van der Waals surface area contributed by atoms with Crippen molar-refractivity contribution in [3.8, 4) is 0 Å². The summed E-state index contributed by atoms with van der Waals surface area (Å²) >= 11 is 9.18. The fourth-order valence-electron chi connectivity index (χ4n) is 1.80. The molecule has 1 aromatic rings. The number of nitrogens with two attached hydrogens (primary N) is 1. The summed E-state index contributed by atoms with van der Waals surface area (Å²) in [6.07, 6.45) is 1.90. The van der Waals surface area contributed by atoms with Gasteiger partial charge in [0.25, 0.3) is 5.91 Å². The first-order valence-electron chi connectivity index (χ1n) is 6.50. The van der Waals surface area contributed by atoms with Crippen molar-refractivity contribution in [2.75, 3.05) is 6.54 Å². The fourth-order valence-corrected chi connectivity index (χ4v) is 3.17. The zero-order valence-corrected chi connectivity index (χ0v) is 15.0. The Morgan fingerprint density at radius 2 is 1.95 bits per heavy atom. The SMILES string of the molecule is CCC(CC)CNC(=O)c1cc(S(N)(=O)=O)cc(Br)c1Cl. The first-order chi connectivity index (χ1) is 9.70. The summed E-state index contributed by atoms with van der Waals surface area (Å²) in [7, 11) is -3.91. The third-order valence-electron chi connectivity index (χ3n) is 3.28. The predicted molar refractivity (Wildman–Crippen MR) is 86.9 cm³/mol. The van der Waals surface area contributed by atoms with E-state index in [-0.39, 0.29) is 15.5 Å². The number of hydrogen-bond acceptors (Lipinski definition) is 3. The highest BCUT2D eigenvalue weighted by atomic mass is 79.9. The van der Waals surface area contributed by atoms with Gasteiger partial charge < -0.3 is 5.32 Å². The molecule has 0 radical (unpaired) electrons. The molecule has 0 spiro atoms. The number of halogens is 2. The molecule has 0 saturated heterocycles. The molecule has 0 fully saturated rings. The Morgan fingerprint density at radius 1 is 1.38 bits per heavy atom. The van der Waals surface area contributed by atoms with E-state index >= 15 is 0 Å². The second-order valence-corrected chi connectivity index (χ2v) is 7.50. The highest BCUT2D eigenvalue weighted by Crippen LogP contribution is 2.29. The second-order valence-electron chi connectivity index (χ2n) is 4.70. The van der Waals surface area contributed by atoms with Gasteiger partial charge in [-0.05, 0) is 34.0 Å². The molecule has 0 atom stereocenters. The van der Waals surface area contributed by atoms with Crippen LogP contribution in [-0.4, -0.2) is 20.9 Å². The topological polar surface area (TPSA) is 89.3 Å². The average Bonchev–Trinajstić information content (AvgIpc) is 2.41. The molecule has 1 aromatic carbocycles. The number of carbonyl (C=O) groups is 1. The van der Waals surface area contributed by atoms with Gasteiger partial charge in [-0.1, -0.05) is 38.3 Å². The van der Waals surface area contributed by atoms with Crippen LogP contribution in [0, 0.1) is 5.92 Å². The lowest BCUT2D eigenvalue weighted by molar-refractivity contribution is 0.0946. The van der Waals surface area contributed by atoms with E-state index in [2.05, 4.69) is 21.2 Å². The van der Waals surface area contributed by atoms with Gasteiger partial charge in [-0.2, -0.15) is 0 Å². The maximum absolute atomic E-state index is 12.2. The van der Waals surface area contributed by atoms with E-state index in [4.69, 9.17) is 16.7 Å². The van der Waals surface area contributed by atoms with E-state index in [1.54, 1.807) is 0 Å². The number of benzene rings is 1. The van der Waals surface area contributed by atoms with Crippen LogP contribution in [0.3, 0.4) is 0 Å². The Bertz CT molecular complexity index is 631. The molecule has 0 bridgehead atoms. The molecule has 0 aliphatic rings. The summed E-state index contributed by atoms with van der Waals surface area (Å²) < 4.78 is 23.1. The van der Waals surface area contributed by atoms with Gasteiger partial charge in [-0.25, -0.2) is 13.6 Å². The van der Waals surface area contributed by atoms with Gasteiger partial charge in [0, 0.05) is 11.0 Å². The molecule has 0 aromatic heterocycles. The summed E-state index contributed by atoms with van der Waals surface area (Å²) in [5.41, 5.74) is 0.0843. The summed E-state index contributed by atoms with van der Waals surface area (Å²) in [6, 6.07) is 2.46. The molecular weight excluding hydrogens is 380 g/mol. The number of carbonyl (C=O) groups excluding carboxylic acids is 1. The molecule has 5 nitrogen and oxygen atoms in total. The number of hydrogen-bond donors (Lipinski definition) is 2. The number of rotatable bonds is 6. The lowest BCUT2D eigenvalue weighted by Crippen LogP contribution is -2.29. The molecule has 1 rings (SSSR count). The molecule has 3 N–H and O–H groups in total. The van der Waals surface area contributed by atoms with Crippen molar-refractivity contribution in [3.05, 3.63) is 27.2 Å². The van der Waals surface area contributed by atoms with E-state index in [9.17, 15) is 13.2 Å². The fraction of sp³-hybridized carbons (Fsp3) is 0.462. The minimum Gasteiger partial charge on any atom is -0.352 e. The Morgan fingerprint density at radius 3 is 2.43 bits per heavy atom. The Hall–Kier alpha value is -0.630. The van der Waals surface area contributed by atoms with Crippen LogP contribution in [0.2, 0.25) is 5.02 Å². The maximum Gasteiger partial charge on any atom is 0.252 e. The third-order valence-corrected chi connectivity index (χ3v) is 5.43. The molecule has 0 unspecified atom stereocenters. The Balaban J connectivity index is 3.06. The van der Waals surface area contributed by atoms with Crippen LogP contribution in [0.15, 0.2) is 21.5 Å². The molecular formula is C13H18BrClN2O3S. The van der Waals surface area contributed by atoms with E-state index in [1.807, 2.05) is 13.8 Å². The van der Waals surface area contributed by atoms with Crippen LogP contribution >= 0.6 is 27.5 Å². The lowest BCUT2D eigenvalue weighted by Gasteiger charge is -2.14. The van der Waals surface area contributed by atoms with Crippen LogP contribution in [0.1, 0.15) is 37.0 Å². The Kier molecular flexibility index (Phi) is 6.65. The van der Waals surface area contributed by atoms with Gasteiger partial charge in [0.1, 0.15) is 0 Å². The second kappa shape index (κ2) is 7.58. The van der Waals surface area contributed by atoms with Crippen molar-refractivity contribution in [3.63, 3.8) is 0 Å². The maximum atomic E-state index is 12.2. The molecule has 0 aliphatic carbocycles. The number of primary sulfonamides is 1. The predicted octanol–water partition coefficient (Wildman–Crippen LogP) is 2.92. The summed E-state index contributed by atoms with van der Waals surface area (Å²) in [6.45, 7) is 4.61. The van der Waals surface area contributed by atoms with Crippen molar-refractivity contribution in [2.45, 2.75) is 31.6 Å². The molecule has 8 heteroatoms. The largest absolute Gasteiger partial charge is 0.352 e. The van der Waals surface area contributed by atoms with E-state index in [0.717, 1.165) is 12.8 Å². The first kappa shape index (κ1) is 18.4. The highest BCUT2D eigenvalue weighted by molar-refractivity contribution is 9.10. The minimum absolute atomic E-state index is 0.0843. The number of amides is 1. The zero-order valence-electron chi connectivity index (χ0n) is 11.8. The average molecular weight is 398 g/mol. The van der Waals surface area contributed by atoms with Gasteiger partial charge in [0.15, 0.2) is 0 Å². The van der Waals surface area contributed by atoms with Gasteiger partial charge in [0.05, 0.1) is 15.5 Å². The first-order valence-corrected chi connectivity index (χ1v) is 9.22. The third kappa shape index (κ3) is 4.95. The van der Waals surface area contributed by atoms with Crippen LogP contribution in [0.5, 0.6) is 0 Å².